The number of hydrogen-bond acceptors (Lipinski definition) is 8. The summed E-state index contributed by atoms with van der Waals surface area (Å²) in [5, 5.41) is 10.8. The van der Waals surface area contributed by atoms with Crippen molar-refractivity contribution >= 4 is 17.9 Å². The van der Waals surface area contributed by atoms with Gasteiger partial charge in [0.25, 0.3) is 0 Å². The molecule has 0 saturated carbocycles. The number of nitrogens with one attached hydrogen (secondary N) is 1. The number of nitrogens with two attached hydrogens (primary N) is 1. The largest absolute Gasteiger partial charge is 0.476 e. The summed E-state index contributed by atoms with van der Waals surface area (Å²) in [4.78, 5) is 14.2. The highest BCUT2D eigenvalue weighted by Gasteiger charge is 2.18. The number of hydrogen-bond donors (Lipinski definition) is 3. The van der Waals surface area contributed by atoms with Gasteiger partial charge in [0.1, 0.15) is 11.6 Å². The molecule has 0 amide bonds. The minimum atomic E-state index is -0.624. The zero-order chi connectivity index (χ0) is 28.6. The number of unbranched alkanes of at least 4 members (excludes halogenated alkanes) is 1. The summed E-state index contributed by atoms with van der Waals surface area (Å²) < 4.78 is 9.37. The third-order valence-corrected chi connectivity index (χ3v) is 6.98. The normalized spacial score (nSPS) is 12.8. The van der Waals surface area contributed by atoms with E-state index < -0.39 is 5.60 Å². The van der Waals surface area contributed by atoms with Gasteiger partial charge in [0.2, 0.25) is 11.8 Å². The average Bonchev–Trinajstić information content (AvgIpc) is 2.83. The number of rotatable bonds is 13. The summed E-state index contributed by atoms with van der Waals surface area (Å²) in [7, 11) is 0. The topological polar surface area (TPSA) is 106 Å². The maximum Gasteiger partial charge on any atom is 0.237 e. The van der Waals surface area contributed by atoms with Crippen LogP contribution < -0.4 is 15.2 Å². The first-order valence-electron chi connectivity index (χ1n) is 13.7. The highest BCUT2D eigenvalue weighted by atomic mass is 32.2. The zero-order valence-electron chi connectivity index (χ0n) is 24.5. The van der Waals surface area contributed by atoms with Crippen LogP contribution in [0.25, 0.3) is 11.3 Å². The summed E-state index contributed by atoms with van der Waals surface area (Å²) in [6, 6.07) is 14.0. The molecule has 0 aliphatic carbocycles. The predicted molar refractivity (Wildman–Crippen MR) is 162 cm³/mol. The number of aliphatic hydroxyl groups is 1. The third kappa shape index (κ3) is 10.8. The first-order valence-corrected chi connectivity index (χ1v) is 14.6. The van der Waals surface area contributed by atoms with Gasteiger partial charge in [-0.3, -0.25) is 4.72 Å². The van der Waals surface area contributed by atoms with Crippen molar-refractivity contribution in [1.29, 1.82) is 0 Å². The van der Waals surface area contributed by atoms with Gasteiger partial charge in [-0.05, 0) is 82.1 Å². The number of nitrogens with zero attached hydrogens (tertiary/aromatic N) is 3. The number of ether oxygens (including phenoxy) is 1. The number of benzene rings is 1. The molecule has 3 rings (SSSR count). The molecule has 0 spiro atoms. The Hall–Kier alpha value is -2.68. The van der Waals surface area contributed by atoms with Crippen molar-refractivity contribution < 1.29 is 9.84 Å². The lowest BCUT2D eigenvalue weighted by molar-refractivity contribution is 0.0682. The Morgan fingerprint density at radius 3 is 2.33 bits per heavy atom. The van der Waals surface area contributed by atoms with Crippen molar-refractivity contribution in [3.63, 3.8) is 0 Å². The van der Waals surface area contributed by atoms with Gasteiger partial charge >= 0.3 is 0 Å². The smallest absolute Gasteiger partial charge is 0.237 e. The van der Waals surface area contributed by atoms with E-state index in [1.807, 2.05) is 38.1 Å². The van der Waals surface area contributed by atoms with Crippen LogP contribution in [-0.4, -0.2) is 38.3 Å². The zero-order valence-corrected chi connectivity index (χ0v) is 25.4. The van der Waals surface area contributed by atoms with E-state index in [9.17, 15) is 5.11 Å². The van der Waals surface area contributed by atoms with Crippen LogP contribution in [-0.2, 0) is 6.42 Å². The second-order valence-electron chi connectivity index (χ2n) is 12.2. The molecule has 212 valence electrons. The molecule has 0 saturated heterocycles. The molecule has 4 N–H and O–H groups in total. The van der Waals surface area contributed by atoms with Crippen LogP contribution in [0.1, 0.15) is 77.1 Å². The van der Waals surface area contributed by atoms with Crippen LogP contribution in [0.4, 0.5) is 5.95 Å². The molecule has 2 heterocycles. The van der Waals surface area contributed by atoms with E-state index in [1.165, 1.54) is 11.9 Å². The van der Waals surface area contributed by atoms with Crippen LogP contribution in [0.3, 0.4) is 0 Å². The van der Waals surface area contributed by atoms with E-state index in [-0.39, 0.29) is 11.5 Å². The number of aromatic nitrogens is 3. The van der Waals surface area contributed by atoms with Gasteiger partial charge in [0.15, 0.2) is 0 Å². The van der Waals surface area contributed by atoms with Crippen LogP contribution in [0, 0.1) is 19.3 Å². The molecule has 0 bridgehead atoms. The molecular weight excluding hydrogens is 506 g/mol. The van der Waals surface area contributed by atoms with Gasteiger partial charge < -0.3 is 15.6 Å². The van der Waals surface area contributed by atoms with Gasteiger partial charge in [-0.15, -0.1) is 0 Å². The lowest BCUT2D eigenvalue weighted by Crippen LogP contribution is -2.32. The molecule has 1 atom stereocenters. The second-order valence-corrected chi connectivity index (χ2v) is 13.0. The van der Waals surface area contributed by atoms with E-state index in [0.29, 0.717) is 18.4 Å². The van der Waals surface area contributed by atoms with E-state index >= 15 is 0 Å². The van der Waals surface area contributed by atoms with Gasteiger partial charge in [-0.2, -0.15) is 4.98 Å². The van der Waals surface area contributed by atoms with Crippen molar-refractivity contribution in [1.82, 2.24) is 15.0 Å². The lowest BCUT2D eigenvalue weighted by Gasteiger charge is -2.23. The molecule has 0 unspecified atom stereocenters. The molecule has 3 aromatic rings. The fourth-order valence-corrected chi connectivity index (χ4v) is 5.14. The number of pyridine rings is 1. The van der Waals surface area contributed by atoms with E-state index in [4.69, 9.17) is 20.4 Å². The van der Waals surface area contributed by atoms with Crippen molar-refractivity contribution in [3.8, 4) is 17.1 Å². The monoisotopic (exact) mass is 551 g/mol. The van der Waals surface area contributed by atoms with Gasteiger partial charge in [0.05, 0.1) is 11.3 Å². The second kappa shape index (κ2) is 13.6. The Bertz CT molecular complexity index is 1200. The predicted octanol–water partition coefficient (Wildman–Crippen LogP) is 6.90. The summed E-state index contributed by atoms with van der Waals surface area (Å²) in [5.74, 6) is 0.945. The Morgan fingerprint density at radius 1 is 0.974 bits per heavy atom. The van der Waals surface area contributed by atoms with Crippen LogP contribution in [0.2, 0.25) is 0 Å². The minimum Gasteiger partial charge on any atom is -0.476 e. The molecule has 7 nitrogen and oxygen atoms in total. The van der Waals surface area contributed by atoms with Gasteiger partial charge in [0, 0.05) is 35.3 Å². The fourth-order valence-electron chi connectivity index (χ4n) is 4.54. The molecule has 0 radical (unpaired) electrons. The van der Waals surface area contributed by atoms with Crippen molar-refractivity contribution in [2.24, 2.45) is 11.1 Å². The maximum absolute atomic E-state index is 9.93. The number of anilines is 1. The average molecular weight is 552 g/mol. The van der Waals surface area contributed by atoms with Gasteiger partial charge in [-0.25, -0.2) is 9.97 Å². The number of aryl methyl sites for hydroxylation is 3. The summed E-state index contributed by atoms with van der Waals surface area (Å²) in [5.41, 5.74) is 11.0. The molecule has 8 heteroatoms. The van der Waals surface area contributed by atoms with Crippen LogP contribution in [0.15, 0.2) is 47.5 Å². The summed E-state index contributed by atoms with van der Waals surface area (Å²) in [6.45, 7) is 14.8. The molecule has 0 aliphatic rings. The molecule has 2 aromatic heterocycles. The van der Waals surface area contributed by atoms with Crippen LogP contribution >= 0.6 is 11.9 Å². The van der Waals surface area contributed by atoms with E-state index in [1.54, 1.807) is 0 Å². The van der Waals surface area contributed by atoms with E-state index in [0.717, 1.165) is 65.2 Å². The Morgan fingerprint density at radius 2 is 1.67 bits per heavy atom. The summed E-state index contributed by atoms with van der Waals surface area (Å²) >= 11 is 1.38. The van der Waals surface area contributed by atoms with Crippen molar-refractivity contribution in [2.75, 3.05) is 11.3 Å². The van der Waals surface area contributed by atoms with E-state index in [2.05, 4.69) is 62.5 Å². The quantitative estimate of drug-likeness (QED) is 0.156. The molecule has 39 heavy (non-hydrogen) atoms. The first kappa shape index (κ1) is 30.9. The minimum absolute atomic E-state index is 0.0928. The van der Waals surface area contributed by atoms with Crippen LogP contribution in [0.5, 0.6) is 5.88 Å². The summed E-state index contributed by atoms with van der Waals surface area (Å²) in [6.07, 6.45) is 4.44. The molecule has 0 fully saturated rings. The Balaban J connectivity index is 1.75. The molecule has 0 aliphatic heterocycles. The molecular formula is C31H45N5O2S. The van der Waals surface area contributed by atoms with Gasteiger partial charge in [-0.1, -0.05) is 51.5 Å². The standard InChI is InChI=1S/C31H45N5O2S/c1-21-12-10-13-22(2)28(21)25-18-26(38-20-23(32)19-30(3,4)5)35-29(34-25)36-39-27-16-11-15-24(33-27)14-8-9-17-31(6,7)37/h10-13,15-16,18,23,37H,8-9,14,17,19-20,32H2,1-7H3,(H,34,35,36)/t23-/m1/s1. The first-order chi connectivity index (χ1) is 18.3. The SMILES string of the molecule is Cc1cccc(C)c1-c1cc(OC[C@H](N)CC(C)(C)C)nc(NSc2cccc(CCCCC(C)(C)O)n2)n1. The maximum atomic E-state index is 9.93. The fraction of sp³-hybridized carbons (Fsp3) is 0.516. The van der Waals surface area contributed by atoms with Crippen molar-refractivity contribution in [2.45, 2.75) is 97.2 Å². The Kier molecular flexibility index (Phi) is 10.8. The molecule has 1 aromatic carbocycles. The Labute approximate surface area is 238 Å². The highest BCUT2D eigenvalue weighted by molar-refractivity contribution is 8.00. The third-order valence-electron chi connectivity index (χ3n) is 6.26. The lowest BCUT2D eigenvalue weighted by atomic mass is 9.89. The highest BCUT2D eigenvalue weighted by Crippen LogP contribution is 2.30. The van der Waals surface area contributed by atoms with Crippen molar-refractivity contribution in [3.05, 3.63) is 59.3 Å².